The summed E-state index contributed by atoms with van der Waals surface area (Å²) in [4.78, 5) is 12.2. The first-order chi connectivity index (χ1) is 12.0. The Morgan fingerprint density at radius 2 is 1.96 bits per heavy atom. The normalized spacial score (nSPS) is 10.4. The molecule has 1 N–H and O–H groups in total. The molecule has 0 aliphatic carbocycles. The molecule has 1 amide bonds. The number of carbonyl (C=O) groups excluding carboxylic acids is 1. The number of aryl methyl sites for hydroxylation is 2. The Morgan fingerprint density at radius 1 is 1.16 bits per heavy atom. The van der Waals surface area contributed by atoms with E-state index in [4.69, 9.17) is 21.1 Å². The highest BCUT2D eigenvalue weighted by Crippen LogP contribution is 2.28. The zero-order chi connectivity index (χ0) is 18.2. The van der Waals surface area contributed by atoms with Crippen LogP contribution in [0.3, 0.4) is 0 Å². The van der Waals surface area contributed by atoms with Crippen LogP contribution in [0.1, 0.15) is 34.8 Å². The number of ether oxygens (including phenoxy) is 2. The minimum Gasteiger partial charge on any atom is -0.493 e. The van der Waals surface area contributed by atoms with E-state index in [0.717, 1.165) is 35.5 Å². The molecule has 25 heavy (non-hydrogen) atoms. The largest absolute Gasteiger partial charge is 0.493 e. The van der Waals surface area contributed by atoms with Gasteiger partial charge < -0.3 is 14.8 Å². The summed E-state index contributed by atoms with van der Waals surface area (Å²) in [5, 5.41) is 3.39. The van der Waals surface area contributed by atoms with Crippen LogP contribution in [0.4, 0.5) is 0 Å². The number of benzene rings is 2. The van der Waals surface area contributed by atoms with E-state index < -0.39 is 0 Å². The van der Waals surface area contributed by atoms with Crippen LogP contribution in [0.5, 0.6) is 11.5 Å². The second-order valence-electron chi connectivity index (χ2n) is 5.76. The summed E-state index contributed by atoms with van der Waals surface area (Å²) in [6.07, 6.45) is 1.66. The smallest absolute Gasteiger partial charge is 0.252 e. The molecule has 2 aromatic rings. The standard InChI is InChI=1S/C20H24ClNO3/c1-4-25-18-10-8-15(13-19(18)24-3)6-5-11-22-20(23)16-9-7-14(2)12-17(16)21/h7-10,12-13H,4-6,11H2,1-3H3,(H,22,23). The van der Waals surface area contributed by atoms with E-state index in [1.165, 1.54) is 0 Å². The van der Waals surface area contributed by atoms with Crippen molar-refractivity contribution in [1.82, 2.24) is 5.32 Å². The monoisotopic (exact) mass is 361 g/mol. The maximum absolute atomic E-state index is 12.2. The van der Waals surface area contributed by atoms with Crippen molar-refractivity contribution in [2.24, 2.45) is 0 Å². The zero-order valence-electron chi connectivity index (χ0n) is 14.9. The second-order valence-corrected chi connectivity index (χ2v) is 6.17. The minimum absolute atomic E-state index is 0.144. The van der Waals surface area contributed by atoms with Gasteiger partial charge >= 0.3 is 0 Å². The quantitative estimate of drug-likeness (QED) is 0.708. The molecule has 0 aromatic heterocycles. The Hall–Kier alpha value is -2.20. The van der Waals surface area contributed by atoms with Crippen LogP contribution in [0, 0.1) is 6.92 Å². The van der Waals surface area contributed by atoms with Gasteiger partial charge in [-0.15, -0.1) is 0 Å². The Morgan fingerprint density at radius 3 is 2.64 bits per heavy atom. The van der Waals surface area contributed by atoms with Gasteiger partial charge in [0, 0.05) is 6.54 Å². The molecule has 0 heterocycles. The van der Waals surface area contributed by atoms with Gasteiger partial charge in [0.15, 0.2) is 11.5 Å². The number of halogens is 1. The highest BCUT2D eigenvalue weighted by molar-refractivity contribution is 6.33. The Labute approximate surface area is 154 Å². The van der Waals surface area contributed by atoms with E-state index in [1.807, 2.05) is 38.1 Å². The molecule has 0 unspecified atom stereocenters. The predicted molar refractivity (Wildman–Crippen MR) is 101 cm³/mol. The summed E-state index contributed by atoms with van der Waals surface area (Å²) in [5.74, 6) is 1.33. The van der Waals surface area contributed by atoms with Crippen LogP contribution in [0.25, 0.3) is 0 Å². The molecule has 0 atom stereocenters. The molecule has 134 valence electrons. The summed E-state index contributed by atoms with van der Waals surface area (Å²) in [6, 6.07) is 11.3. The first kappa shape index (κ1) is 19.1. The molecule has 2 aromatic carbocycles. The number of rotatable bonds is 8. The molecule has 0 spiro atoms. The lowest BCUT2D eigenvalue weighted by Crippen LogP contribution is -2.25. The van der Waals surface area contributed by atoms with Crippen molar-refractivity contribution in [2.75, 3.05) is 20.3 Å². The number of nitrogens with one attached hydrogen (secondary N) is 1. The highest BCUT2D eigenvalue weighted by atomic mass is 35.5. The van der Waals surface area contributed by atoms with Gasteiger partial charge in [-0.05, 0) is 62.1 Å². The summed E-state index contributed by atoms with van der Waals surface area (Å²) in [7, 11) is 1.63. The maximum atomic E-state index is 12.2. The lowest BCUT2D eigenvalue weighted by molar-refractivity contribution is 0.0953. The van der Waals surface area contributed by atoms with Crippen LogP contribution in [0.2, 0.25) is 5.02 Å². The van der Waals surface area contributed by atoms with E-state index in [-0.39, 0.29) is 5.91 Å². The molecule has 0 fully saturated rings. The van der Waals surface area contributed by atoms with E-state index in [0.29, 0.717) is 23.7 Å². The highest BCUT2D eigenvalue weighted by Gasteiger charge is 2.10. The number of hydrogen-bond donors (Lipinski definition) is 1. The van der Waals surface area contributed by atoms with E-state index in [1.54, 1.807) is 19.2 Å². The molecule has 2 rings (SSSR count). The fourth-order valence-corrected chi connectivity index (χ4v) is 2.86. The molecule has 0 saturated carbocycles. The molecule has 4 nitrogen and oxygen atoms in total. The summed E-state index contributed by atoms with van der Waals surface area (Å²) >= 11 is 6.12. The average molecular weight is 362 g/mol. The molecule has 0 aliphatic heterocycles. The van der Waals surface area contributed by atoms with Crippen LogP contribution in [-0.4, -0.2) is 26.2 Å². The number of methoxy groups -OCH3 is 1. The molecular weight excluding hydrogens is 338 g/mol. The Balaban J connectivity index is 1.85. The van der Waals surface area contributed by atoms with Gasteiger partial charge in [0.25, 0.3) is 5.91 Å². The summed E-state index contributed by atoms with van der Waals surface area (Å²) in [6.45, 7) is 5.07. The van der Waals surface area contributed by atoms with Crippen LogP contribution in [-0.2, 0) is 6.42 Å². The fourth-order valence-electron chi connectivity index (χ4n) is 2.54. The minimum atomic E-state index is -0.144. The van der Waals surface area contributed by atoms with Gasteiger partial charge in [-0.25, -0.2) is 0 Å². The lowest BCUT2D eigenvalue weighted by atomic mass is 10.1. The molecule has 0 saturated heterocycles. The van der Waals surface area contributed by atoms with Crippen molar-refractivity contribution in [3.05, 3.63) is 58.1 Å². The molecule has 0 radical (unpaired) electrons. The van der Waals surface area contributed by atoms with Crippen LogP contribution >= 0.6 is 11.6 Å². The molecular formula is C20H24ClNO3. The fraction of sp³-hybridized carbons (Fsp3) is 0.350. The van der Waals surface area contributed by atoms with Crippen molar-refractivity contribution < 1.29 is 14.3 Å². The zero-order valence-corrected chi connectivity index (χ0v) is 15.7. The first-order valence-corrected chi connectivity index (χ1v) is 8.77. The Kier molecular flexibility index (Phi) is 7.14. The van der Waals surface area contributed by atoms with Gasteiger partial charge in [0.05, 0.1) is 24.3 Å². The van der Waals surface area contributed by atoms with Crippen molar-refractivity contribution in [3.8, 4) is 11.5 Å². The van der Waals surface area contributed by atoms with E-state index in [2.05, 4.69) is 5.32 Å². The van der Waals surface area contributed by atoms with Gasteiger partial charge in [-0.2, -0.15) is 0 Å². The SMILES string of the molecule is CCOc1ccc(CCCNC(=O)c2ccc(C)cc2Cl)cc1OC. The second kappa shape index (κ2) is 9.33. The van der Waals surface area contributed by atoms with Crippen LogP contribution < -0.4 is 14.8 Å². The first-order valence-electron chi connectivity index (χ1n) is 8.39. The van der Waals surface area contributed by atoms with Crippen molar-refractivity contribution in [3.63, 3.8) is 0 Å². The molecule has 0 aliphatic rings. The maximum Gasteiger partial charge on any atom is 0.252 e. The predicted octanol–water partition coefficient (Wildman–Crippen LogP) is 4.42. The van der Waals surface area contributed by atoms with Gasteiger partial charge in [-0.3, -0.25) is 4.79 Å². The molecule has 5 heteroatoms. The third kappa shape index (κ3) is 5.40. The average Bonchev–Trinajstić information content (AvgIpc) is 2.59. The van der Waals surface area contributed by atoms with Gasteiger partial charge in [0.2, 0.25) is 0 Å². The van der Waals surface area contributed by atoms with E-state index >= 15 is 0 Å². The third-order valence-corrected chi connectivity index (χ3v) is 4.14. The number of amides is 1. The summed E-state index contributed by atoms with van der Waals surface area (Å²) < 4.78 is 10.9. The third-order valence-electron chi connectivity index (χ3n) is 3.82. The van der Waals surface area contributed by atoms with Crippen molar-refractivity contribution in [2.45, 2.75) is 26.7 Å². The van der Waals surface area contributed by atoms with Crippen molar-refractivity contribution >= 4 is 17.5 Å². The molecule has 0 bridgehead atoms. The Bertz CT molecular complexity index is 731. The van der Waals surface area contributed by atoms with Gasteiger partial charge in [0.1, 0.15) is 0 Å². The van der Waals surface area contributed by atoms with E-state index in [9.17, 15) is 4.79 Å². The van der Waals surface area contributed by atoms with Crippen LogP contribution in [0.15, 0.2) is 36.4 Å². The number of carbonyl (C=O) groups is 1. The van der Waals surface area contributed by atoms with Gasteiger partial charge in [-0.1, -0.05) is 23.7 Å². The topological polar surface area (TPSA) is 47.6 Å². The lowest BCUT2D eigenvalue weighted by Gasteiger charge is -2.11. The summed E-state index contributed by atoms with van der Waals surface area (Å²) in [5.41, 5.74) is 2.68. The van der Waals surface area contributed by atoms with Crippen molar-refractivity contribution in [1.29, 1.82) is 0 Å². The number of hydrogen-bond acceptors (Lipinski definition) is 3.